The number of nitro groups is 1. The third-order valence-corrected chi connectivity index (χ3v) is 2.33. The SMILES string of the molecule is COc1ccc([N+](=O)[O-])c(S(N)(=O)=O)n1. The maximum Gasteiger partial charge on any atom is 0.308 e. The molecular weight excluding hydrogens is 226 g/mol. The molecule has 0 aliphatic carbocycles. The fourth-order valence-electron chi connectivity index (χ4n) is 0.878. The Morgan fingerprint density at radius 1 is 1.53 bits per heavy atom. The second kappa shape index (κ2) is 3.79. The normalized spacial score (nSPS) is 11.1. The third kappa shape index (κ3) is 2.39. The number of ether oxygens (including phenoxy) is 1. The summed E-state index contributed by atoms with van der Waals surface area (Å²) in [5, 5.41) is 14.4. The van der Waals surface area contributed by atoms with Crippen LogP contribution in [0.25, 0.3) is 0 Å². The molecule has 0 saturated heterocycles. The second-order valence-electron chi connectivity index (χ2n) is 2.48. The molecule has 0 atom stereocenters. The van der Waals surface area contributed by atoms with E-state index in [9.17, 15) is 18.5 Å². The number of hydrogen-bond acceptors (Lipinski definition) is 6. The van der Waals surface area contributed by atoms with Crippen LogP contribution in [-0.4, -0.2) is 25.4 Å². The number of rotatable bonds is 3. The van der Waals surface area contributed by atoms with Crippen molar-refractivity contribution in [1.82, 2.24) is 4.98 Å². The average molecular weight is 233 g/mol. The second-order valence-corrected chi connectivity index (χ2v) is 3.96. The van der Waals surface area contributed by atoms with Crippen molar-refractivity contribution < 1.29 is 18.1 Å². The molecule has 1 rings (SSSR count). The maximum absolute atomic E-state index is 11.0. The van der Waals surface area contributed by atoms with E-state index in [2.05, 4.69) is 9.72 Å². The van der Waals surface area contributed by atoms with Crippen LogP contribution in [0.2, 0.25) is 0 Å². The van der Waals surface area contributed by atoms with Gasteiger partial charge in [0, 0.05) is 12.1 Å². The Labute approximate surface area is 84.9 Å². The van der Waals surface area contributed by atoms with E-state index in [1.54, 1.807) is 0 Å². The van der Waals surface area contributed by atoms with Crippen molar-refractivity contribution in [1.29, 1.82) is 0 Å². The lowest BCUT2D eigenvalue weighted by Gasteiger charge is -2.02. The molecule has 9 heteroatoms. The molecule has 0 saturated carbocycles. The van der Waals surface area contributed by atoms with Gasteiger partial charge in [0.1, 0.15) is 0 Å². The predicted molar refractivity (Wildman–Crippen MR) is 48.8 cm³/mol. The quantitative estimate of drug-likeness (QED) is 0.561. The fraction of sp³-hybridized carbons (Fsp3) is 0.167. The summed E-state index contributed by atoms with van der Waals surface area (Å²) >= 11 is 0. The smallest absolute Gasteiger partial charge is 0.308 e. The summed E-state index contributed by atoms with van der Waals surface area (Å²) in [5.74, 6) is -0.0652. The summed E-state index contributed by atoms with van der Waals surface area (Å²) in [6, 6.07) is 2.14. The standard InChI is InChI=1S/C6H7N3O5S/c1-14-5-3-2-4(9(10)11)6(8-5)15(7,12)13/h2-3H,1H3,(H2,7,12,13). The molecule has 0 amide bonds. The van der Waals surface area contributed by atoms with Gasteiger partial charge < -0.3 is 4.74 Å². The van der Waals surface area contributed by atoms with Gasteiger partial charge in [-0.25, -0.2) is 13.6 Å². The summed E-state index contributed by atoms with van der Waals surface area (Å²) in [6.45, 7) is 0. The number of hydrogen-bond donors (Lipinski definition) is 1. The number of primary sulfonamides is 1. The first-order valence-electron chi connectivity index (χ1n) is 3.58. The molecule has 1 aromatic heterocycles. The summed E-state index contributed by atoms with van der Waals surface area (Å²) in [4.78, 5) is 13.0. The Balaban J connectivity index is 3.50. The van der Waals surface area contributed by atoms with E-state index in [1.807, 2.05) is 0 Å². The molecule has 8 nitrogen and oxygen atoms in total. The topological polar surface area (TPSA) is 125 Å². The van der Waals surface area contributed by atoms with Gasteiger partial charge in [-0.05, 0) is 0 Å². The first kappa shape index (κ1) is 11.3. The molecule has 0 aliphatic rings. The van der Waals surface area contributed by atoms with Crippen LogP contribution in [-0.2, 0) is 10.0 Å². The maximum atomic E-state index is 11.0. The molecule has 2 N–H and O–H groups in total. The van der Waals surface area contributed by atoms with Gasteiger partial charge in [-0.1, -0.05) is 0 Å². The van der Waals surface area contributed by atoms with Gasteiger partial charge >= 0.3 is 5.69 Å². The number of nitrogens with two attached hydrogens (primary N) is 1. The molecule has 0 aliphatic heterocycles. The molecule has 0 fully saturated rings. The molecule has 82 valence electrons. The van der Waals surface area contributed by atoms with Gasteiger partial charge in [-0.3, -0.25) is 10.1 Å². The van der Waals surface area contributed by atoms with E-state index >= 15 is 0 Å². The van der Waals surface area contributed by atoms with Crippen LogP contribution in [0.4, 0.5) is 5.69 Å². The van der Waals surface area contributed by atoms with Crippen molar-refractivity contribution in [2.45, 2.75) is 5.03 Å². The summed E-state index contributed by atoms with van der Waals surface area (Å²) < 4.78 is 26.6. The molecule has 15 heavy (non-hydrogen) atoms. The van der Waals surface area contributed by atoms with E-state index in [0.29, 0.717) is 0 Å². The Hall–Kier alpha value is -1.74. The Bertz CT molecular complexity index is 497. The first-order valence-corrected chi connectivity index (χ1v) is 5.13. The highest BCUT2D eigenvalue weighted by molar-refractivity contribution is 7.89. The number of nitrogens with zero attached hydrogens (tertiary/aromatic N) is 2. The van der Waals surface area contributed by atoms with Gasteiger partial charge in [0.15, 0.2) is 0 Å². The number of aromatic nitrogens is 1. The summed E-state index contributed by atoms with van der Waals surface area (Å²) in [6.07, 6.45) is 0. The van der Waals surface area contributed by atoms with Gasteiger partial charge in [0.2, 0.25) is 5.88 Å². The van der Waals surface area contributed by atoms with Gasteiger partial charge in [-0.15, -0.1) is 0 Å². The minimum atomic E-state index is -4.24. The molecule has 0 radical (unpaired) electrons. The number of pyridine rings is 1. The van der Waals surface area contributed by atoms with Gasteiger partial charge in [-0.2, -0.15) is 4.98 Å². The molecule has 1 aromatic rings. The lowest BCUT2D eigenvalue weighted by atomic mass is 10.4. The Morgan fingerprint density at radius 2 is 2.13 bits per heavy atom. The van der Waals surface area contributed by atoms with Crippen LogP contribution in [0.3, 0.4) is 0 Å². The van der Waals surface area contributed by atoms with E-state index in [-0.39, 0.29) is 5.88 Å². The van der Waals surface area contributed by atoms with E-state index in [0.717, 1.165) is 6.07 Å². The van der Waals surface area contributed by atoms with Crippen molar-refractivity contribution in [3.63, 3.8) is 0 Å². The fourth-order valence-corrected chi connectivity index (χ4v) is 1.53. The Kier molecular flexibility index (Phi) is 2.86. The van der Waals surface area contributed by atoms with E-state index in [1.165, 1.54) is 13.2 Å². The lowest BCUT2D eigenvalue weighted by molar-refractivity contribution is -0.388. The molecule has 1 heterocycles. The average Bonchev–Trinajstić information content (AvgIpc) is 2.15. The molecule has 0 aromatic carbocycles. The van der Waals surface area contributed by atoms with Crippen LogP contribution in [0, 0.1) is 10.1 Å². The monoisotopic (exact) mass is 233 g/mol. The largest absolute Gasteiger partial charge is 0.481 e. The molecule has 0 spiro atoms. The lowest BCUT2D eigenvalue weighted by Crippen LogP contribution is -2.16. The molecular formula is C6H7N3O5S. The van der Waals surface area contributed by atoms with Crippen molar-refractivity contribution in [2.24, 2.45) is 5.14 Å². The highest BCUT2D eigenvalue weighted by atomic mass is 32.2. The van der Waals surface area contributed by atoms with E-state index < -0.39 is 25.7 Å². The van der Waals surface area contributed by atoms with Gasteiger partial charge in [0.05, 0.1) is 12.0 Å². The van der Waals surface area contributed by atoms with Crippen molar-refractivity contribution >= 4 is 15.7 Å². The summed E-state index contributed by atoms with van der Waals surface area (Å²) in [7, 11) is -2.99. The highest BCUT2D eigenvalue weighted by Gasteiger charge is 2.25. The zero-order valence-electron chi connectivity index (χ0n) is 7.58. The summed E-state index contributed by atoms with van der Waals surface area (Å²) in [5.41, 5.74) is -0.682. The van der Waals surface area contributed by atoms with Crippen molar-refractivity contribution in [2.75, 3.05) is 7.11 Å². The first-order chi connectivity index (χ1) is 6.86. The predicted octanol–water partition coefficient (Wildman–Crippen LogP) is -0.354. The third-order valence-electron chi connectivity index (χ3n) is 1.49. The van der Waals surface area contributed by atoms with Crippen LogP contribution in [0.1, 0.15) is 0 Å². The van der Waals surface area contributed by atoms with Crippen LogP contribution in [0.15, 0.2) is 17.2 Å². The highest BCUT2D eigenvalue weighted by Crippen LogP contribution is 2.22. The van der Waals surface area contributed by atoms with Crippen LogP contribution < -0.4 is 9.88 Å². The Morgan fingerprint density at radius 3 is 2.53 bits per heavy atom. The van der Waals surface area contributed by atoms with Crippen molar-refractivity contribution in [3.8, 4) is 5.88 Å². The minimum absolute atomic E-state index is 0.0652. The molecule has 0 unspecified atom stereocenters. The van der Waals surface area contributed by atoms with Gasteiger partial charge in [0.25, 0.3) is 15.0 Å². The zero-order valence-corrected chi connectivity index (χ0v) is 8.39. The number of methoxy groups -OCH3 is 1. The zero-order chi connectivity index (χ0) is 11.6. The van der Waals surface area contributed by atoms with E-state index in [4.69, 9.17) is 5.14 Å². The van der Waals surface area contributed by atoms with Crippen LogP contribution >= 0.6 is 0 Å². The number of sulfonamides is 1. The molecule has 0 bridgehead atoms. The van der Waals surface area contributed by atoms with Crippen molar-refractivity contribution in [3.05, 3.63) is 22.2 Å². The minimum Gasteiger partial charge on any atom is -0.481 e. The van der Waals surface area contributed by atoms with Crippen LogP contribution in [0.5, 0.6) is 5.88 Å².